The maximum Gasteiger partial charge on any atom is 0.416 e. The molecule has 4 rings (SSSR count). The summed E-state index contributed by atoms with van der Waals surface area (Å²) in [6.45, 7) is 1.01. The maximum atomic E-state index is 12.6. The standard InChI is InChI=1S/C19H15F3N4O2/c20-19(21,22)12-1-3-13(4-2-12)25-18-23-8-7-17(26-18)24-14-5-6-15-16(11-14)28-10-9-27-15/h1-8,11H,9-10H2,(H2,23,24,25,26). The van der Waals surface area contributed by atoms with Crippen LogP contribution in [0.4, 0.5) is 36.3 Å². The van der Waals surface area contributed by atoms with Crippen LogP contribution < -0.4 is 20.1 Å². The Morgan fingerprint density at radius 1 is 0.821 bits per heavy atom. The normalized spacial score (nSPS) is 13.1. The topological polar surface area (TPSA) is 68.3 Å². The zero-order valence-corrected chi connectivity index (χ0v) is 14.5. The Hall–Kier alpha value is -3.49. The molecule has 0 unspecified atom stereocenters. The number of halogens is 3. The monoisotopic (exact) mass is 388 g/mol. The molecule has 1 aromatic heterocycles. The minimum absolute atomic E-state index is 0.252. The molecule has 0 atom stereocenters. The van der Waals surface area contributed by atoms with Crippen molar-refractivity contribution in [3.63, 3.8) is 0 Å². The van der Waals surface area contributed by atoms with Gasteiger partial charge in [0.2, 0.25) is 5.95 Å². The van der Waals surface area contributed by atoms with Crippen molar-refractivity contribution in [1.82, 2.24) is 9.97 Å². The SMILES string of the molecule is FC(F)(F)c1ccc(Nc2nccc(Nc3ccc4c(c3)OCCO4)n2)cc1. The van der Waals surface area contributed by atoms with E-state index in [2.05, 4.69) is 20.6 Å². The second-order valence-corrected chi connectivity index (χ2v) is 5.95. The first-order valence-electron chi connectivity index (χ1n) is 8.41. The third kappa shape index (κ3) is 4.08. The van der Waals surface area contributed by atoms with Crippen LogP contribution >= 0.6 is 0 Å². The molecule has 2 heterocycles. The average molecular weight is 388 g/mol. The molecule has 0 aliphatic carbocycles. The molecule has 0 fully saturated rings. The van der Waals surface area contributed by atoms with Gasteiger partial charge in [0.1, 0.15) is 19.0 Å². The predicted octanol–water partition coefficient (Wildman–Crippen LogP) is 4.75. The fourth-order valence-electron chi connectivity index (χ4n) is 2.63. The molecule has 0 amide bonds. The van der Waals surface area contributed by atoms with Crippen molar-refractivity contribution in [2.75, 3.05) is 23.8 Å². The van der Waals surface area contributed by atoms with Crippen LogP contribution in [0.1, 0.15) is 5.56 Å². The number of hydrogen-bond donors (Lipinski definition) is 2. The highest BCUT2D eigenvalue weighted by atomic mass is 19.4. The lowest BCUT2D eigenvalue weighted by molar-refractivity contribution is -0.137. The van der Waals surface area contributed by atoms with Crippen molar-refractivity contribution in [2.45, 2.75) is 6.18 Å². The van der Waals surface area contributed by atoms with Crippen molar-refractivity contribution >= 4 is 23.1 Å². The van der Waals surface area contributed by atoms with E-state index in [9.17, 15) is 13.2 Å². The van der Waals surface area contributed by atoms with Gasteiger partial charge >= 0.3 is 6.18 Å². The number of ether oxygens (including phenoxy) is 2. The van der Waals surface area contributed by atoms with E-state index in [4.69, 9.17) is 9.47 Å². The highest BCUT2D eigenvalue weighted by Gasteiger charge is 2.29. The van der Waals surface area contributed by atoms with E-state index in [1.54, 1.807) is 24.4 Å². The summed E-state index contributed by atoms with van der Waals surface area (Å²) < 4.78 is 49.0. The van der Waals surface area contributed by atoms with Crippen LogP contribution in [0, 0.1) is 0 Å². The van der Waals surface area contributed by atoms with Gasteiger partial charge in [0.25, 0.3) is 0 Å². The number of rotatable bonds is 4. The third-order valence-electron chi connectivity index (χ3n) is 3.94. The quantitative estimate of drug-likeness (QED) is 0.672. The number of aromatic nitrogens is 2. The molecule has 6 nitrogen and oxygen atoms in total. The van der Waals surface area contributed by atoms with Crippen LogP contribution in [0.5, 0.6) is 11.5 Å². The fraction of sp³-hybridized carbons (Fsp3) is 0.158. The van der Waals surface area contributed by atoms with Gasteiger partial charge in [0.15, 0.2) is 11.5 Å². The van der Waals surface area contributed by atoms with Crippen LogP contribution in [0.25, 0.3) is 0 Å². The van der Waals surface area contributed by atoms with Gasteiger partial charge in [-0.1, -0.05) is 0 Å². The van der Waals surface area contributed by atoms with Gasteiger partial charge < -0.3 is 20.1 Å². The summed E-state index contributed by atoms with van der Waals surface area (Å²) in [5.74, 6) is 2.10. The predicted molar refractivity (Wildman–Crippen MR) is 97.5 cm³/mol. The van der Waals surface area contributed by atoms with Crippen LogP contribution in [0.3, 0.4) is 0 Å². The molecular formula is C19H15F3N4O2. The molecule has 0 radical (unpaired) electrons. The summed E-state index contributed by atoms with van der Waals surface area (Å²) >= 11 is 0. The van der Waals surface area contributed by atoms with E-state index in [0.29, 0.717) is 36.2 Å². The van der Waals surface area contributed by atoms with Crippen LogP contribution in [0.15, 0.2) is 54.7 Å². The molecular weight excluding hydrogens is 373 g/mol. The average Bonchev–Trinajstić information content (AvgIpc) is 2.68. The Balaban J connectivity index is 1.47. The lowest BCUT2D eigenvalue weighted by atomic mass is 10.2. The van der Waals surface area contributed by atoms with E-state index in [1.165, 1.54) is 12.1 Å². The minimum atomic E-state index is -4.37. The van der Waals surface area contributed by atoms with Gasteiger partial charge in [-0.05, 0) is 42.5 Å². The minimum Gasteiger partial charge on any atom is -0.486 e. The van der Waals surface area contributed by atoms with Crippen LogP contribution in [0.2, 0.25) is 0 Å². The summed E-state index contributed by atoms with van der Waals surface area (Å²) in [7, 11) is 0. The molecule has 1 aliphatic rings. The third-order valence-corrected chi connectivity index (χ3v) is 3.94. The molecule has 1 aliphatic heterocycles. The Morgan fingerprint density at radius 3 is 2.29 bits per heavy atom. The molecule has 2 aromatic carbocycles. The Morgan fingerprint density at radius 2 is 1.54 bits per heavy atom. The zero-order chi connectivity index (χ0) is 19.6. The lowest BCUT2D eigenvalue weighted by Gasteiger charge is -2.19. The second kappa shape index (κ2) is 7.26. The molecule has 0 saturated carbocycles. The van der Waals surface area contributed by atoms with Crippen molar-refractivity contribution in [3.05, 3.63) is 60.3 Å². The number of nitrogens with one attached hydrogen (secondary N) is 2. The number of nitrogens with zero attached hydrogens (tertiary/aromatic N) is 2. The number of hydrogen-bond acceptors (Lipinski definition) is 6. The Labute approximate surface area is 158 Å². The van der Waals surface area contributed by atoms with E-state index >= 15 is 0 Å². The summed E-state index contributed by atoms with van der Waals surface area (Å²) in [6, 6.07) is 11.8. The number of alkyl halides is 3. The van der Waals surface area contributed by atoms with Crippen molar-refractivity contribution < 1.29 is 22.6 Å². The summed E-state index contributed by atoms with van der Waals surface area (Å²) in [6.07, 6.45) is -2.83. The van der Waals surface area contributed by atoms with E-state index in [-0.39, 0.29) is 5.95 Å². The van der Waals surface area contributed by atoms with Crippen molar-refractivity contribution in [1.29, 1.82) is 0 Å². The maximum absolute atomic E-state index is 12.6. The van der Waals surface area contributed by atoms with Gasteiger partial charge in [-0.25, -0.2) is 4.98 Å². The van der Waals surface area contributed by atoms with Gasteiger partial charge in [-0.2, -0.15) is 18.2 Å². The lowest BCUT2D eigenvalue weighted by Crippen LogP contribution is -2.15. The number of anilines is 4. The largest absolute Gasteiger partial charge is 0.486 e. The summed E-state index contributed by atoms with van der Waals surface area (Å²) in [5, 5.41) is 6.02. The van der Waals surface area contributed by atoms with Crippen molar-refractivity contribution in [2.24, 2.45) is 0 Å². The first-order valence-corrected chi connectivity index (χ1v) is 8.41. The molecule has 144 valence electrons. The first kappa shape index (κ1) is 17.9. The molecule has 2 N–H and O–H groups in total. The van der Waals surface area contributed by atoms with Crippen molar-refractivity contribution in [3.8, 4) is 11.5 Å². The Kier molecular flexibility index (Phi) is 4.64. The number of benzene rings is 2. The van der Waals surface area contributed by atoms with Crippen LogP contribution in [-0.2, 0) is 6.18 Å². The zero-order valence-electron chi connectivity index (χ0n) is 14.5. The van der Waals surface area contributed by atoms with E-state index in [1.807, 2.05) is 6.07 Å². The number of fused-ring (bicyclic) bond motifs is 1. The van der Waals surface area contributed by atoms with Gasteiger partial charge in [-0.3, -0.25) is 0 Å². The van der Waals surface area contributed by atoms with E-state index < -0.39 is 11.7 Å². The highest BCUT2D eigenvalue weighted by molar-refractivity contribution is 5.63. The van der Waals surface area contributed by atoms with Gasteiger partial charge in [-0.15, -0.1) is 0 Å². The molecule has 3 aromatic rings. The molecule has 28 heavy (non-hydrogen) atoms. The van der Waals surface area contributed by atoms with E-state index in [0.717, 1.165) is 17.8 Å². The van der Waals surface area contributed by atoms with Gasteiger partial charge in [0, 0.05) is 23.6 Å². The molecule has 9 heteroatoms. The Bertz CT molecular complexity index is 978. The fourth-order valence-corrected chi connectivity index (χ4v) is 2.63. The highest BCUT2D eigenvalue weighted by Crippen LogP contribution is 2.33. The summed E-state index contributed by atoms with van der Waals surface area (Å²) in [4.78, 5) is 8.41. The van der Waals surface area contributed by atoms with Crippen LogP contribution in [-0.4, -0.2) is 23.2 Å². The van der Waals surface area contributed by atoms with Gasteiger partial charge in [0.05, 0.1) is 5.56 Å². The smallest absolute Gasteiger partial charge is 0.416 e. The molecule has 0 bridgehead atoms. The first-order chi connectivity index (χ1) is 13.5. The summed E-state index contributed by atoms with van der Waals surface area (Å²) in [5.41, 5.74) is 0.487. The molecule has 0 spiro atoms. The molecule has 0 saturated heterocycles. The second-order valence-electron chi connectivity index (χ2n) is 5.95.